The fourth-order valence-electron chi connectivity index (χ4n) is 0.877. The molecule has 0 aliphatic rings. The number of carbonyl (C=O) groups excluding carboxylic acids is 1. The molecule has 0 radical (unpaired) electrons. The molecular formula is C9H20N2O4S. The molecule has 0 aliphatic carbocycles. The molecular weight excluding hydrogens is 232 g/mol. The summed E-state index contributed by atoms with van der Waals surface area (Å²) >= 11 is 0. The van der Waals surface area contributed by atoms with E-state index in [1.165, 1.54) is 7.11 Å². The molecule has 0 spiro atoms. The summed E-state index contributed by atoms with van der Waals surface area (Å²) in [4.78, 5) is 10.8. The first kappa shape index (κ1) is 15.3. The van der Waals surface area contributed by atoms with Gasteiger partial charge in [-0.3, -0.25) is 4.79 Å². The fraction of sp³-hybridized carbons (Fsp3) is 0.889. The first-order valence-corrected chi connectivity index (χ1v) is 6.64. The highest BCUT2D eigenvalue weighted by molar-refractivity contribution is 7.89. The van der Waals surface area contributed by atoms with Gasteiger partial charge in [0.2, 0.25) is 10.0 Å². The third-order valence-corrected chi connectivity index (χ3v) is 3.18. The molecule has 0 unspecified atom stereocenters. The molecule has 0 saturated heterocycles. The van der Waals surface area contributed by atoms with Crippen LogP contribution >= 0.6 is 0 Å². The second-order valence-corrected chi connectivity index (χ2v) is 6.23. The molecule has 3 N–H and O–H groups in total. The van der Waals surface area contributed by atoms with Crippen molar-refractivity contribution in [1.82, 2.24) is 4.72 Å². The van der Waals surface area contributed by atoms with Gasteiger partial charge in [-0.15, -0.1) is 0 Å². The van der Waals surface area contributed by atoms with Crippen molar-refractivity contribution >= 4 is 16.0 Å². The number of rotatable bonds is 7. The lowest BCUT2D eigenvalue weighted by Gasteiger charge is -2.18. The van der Waals surface area contributed by atoms with E-state index in [1.807, 2.05) is 0 Å². The highest BCUT2D eigenvalue weighted by Gasteiger charge is 2.16. The Morgan fingerprint density at radius 1 is 1.44 bits per heavy atom. The van der Waals surface area contributed by atoms with Crippen molar-refractivity contribution in [2.45, 2.75) is 32.2 Å². The number of hydrogen-bond donors (Lipinski definition) is 2. The Bertz CT molecular complexity index is 319. The first-order valence-electron chi connectivity index (χ1n) is 4.99. The van der Waals surface area contributed by atoms with E-state index in [0.717, 1.165) is 0 Å². The molecule has 0 aromatic carbocycles. The minimum absolute atomic E-state index is 0.0990. The van der Waals surface area contributed by atoms with E-state index in [1.54, 1.807) is 13.8 Å². The van der Waals surface area contributed by atoms with Crippen molar-refractivity contribution in [2.75, 3.05) is 19.4 Å². The molecule has 0 saturated carbocycles. The van der Waals surface area contributed by atoms with Crippen LogP contribution in [0.4, 0.5) is 0 Å². The van der Waals surface area contributed by atoms with Gasteiger partial charge in [0.15, 0.2) is 0 Å². The monoisotopic (exact) mass is 252 g/mol. The number of esters is 1. The summed E-state index contributed by atoms with van der Waals surface area (Å²) < 4.78 is 29.6. The van der Waals surface area contributed by atoms with Crippen LogP contribution < -0.4 is 10.5 Å². The van der Waals surface area contributed by atoms with Gasteiger partial charge in [0.05, 0.1) is 12.9 Å². The average molecular weight is 252 g/mol. The van der Waals surface area contributed by atoms with E-state index >= 15 is 0 Å². The molecule has 0 aliphatic heterocycles. The number of carbonyl (C=O) groups is 1. The number of nitrogens with one attached hydrogen (secondary N) is 1. The van der Waals surface area contributed by atoms with Crippen LogP contribution in [0.2, 0.25) is 0 Å². The summed E-state index contributed by atoms with van der Waals surface area (Å²) in [5, 5.41) is 0. The lowest BCUT2D eigenvalue weighted by Crippen LogP contribution is -2.45. The predicted octanol–water partition coefficient (Wildman–Crippen LogP) is -0.404. The normalized spacial score (nSPS) is 12.5. The lowest BCUT2D eigenvalue weighted by atomic mass is 10.1. The van der Waals surface area contributed by atoms with Crippen LogP contribution in [0.5, 0.6) is 0 Å². The summed E-state index contributed by atoms with van der Waals surface area (Å²) in [6, 6.07) is 0. The summed E-state index contributed by atoms with van der Waals surface area (Å²) in [7, 11) is -2.09. The highest BCUT2D eigenvalue weighted by atomic mass is 32.2. The van der Waals surface area contributed by atoms with Gasteiger partial charge in [-0.1, -0.05) is 0 Å². The van der Waals surface area contributed by atoms with Gasteiger partial charge in [0, 0.05) is 18.5 Å². The standard InChI is InChI=1S/C9H20N2O4S/c1-9(2,10)7-11-16(13,14)6-4-5-8(12)15-3/h11H,4-7,10H2,1-3H3. The van der Waals surface area contributed by atoms with E-state index in [0.29, 0.717) is 0 Å². The van der Waals surface area contributed by atoms with Crippen LogP contribution in [0.1, 0.15) is 26.7 Å². The fourth-order valence-corrected chi connectivity index (χ4v) is 2.14. The van der Waals surface area contributed by atoms with Crippen LogP contribution in [0.3, 0.4) is 0 Å². The van der Waals surface area contributed by atoms with E-state index in [4.69, 9.17) is 5.73 Å². The Morgan fingerprint density at radius 3 is 2.44 bits per heavy atom. The maximum Gasteiger partial charge on any atom is 0.305 e. The van der Waals surface area contributed by atoms with Gasteiger partial charge in [0.1, 0.15) is 0 Å². The van der Waals surface area contributed by atoms with Crippen LogP contribution in [0.25, 0.3) is 0 Å². The molecule has 0 atom stereocenters. The summed E-state index contributed by atoms with van der Waals surface area (Å²) in [5.74, 6) is -0.507. The van der Waals surface area contributed by atoms with E-state index in [2.05, 4.69) is 9.46 Å². The smallest absolute Gasteiger partial charge is 0.305 e. The second kappa shape index (κ2) is 6.17. The maximum absolute atomic E-state index is 11.4. The van der Waals surface area contributed by atoms with Crippen LogP contribution in [0, 0.1) is 0 Å². The molecule has 0 amide bonds. The lowest BCUT2D eigenvalue weighted by molar-refractivity contribution is -0.140. The Balaban J connectivity index is 3.93. The van der Waals surface area contributed by atoms with Gasteiger partial charge in [-0.25, -0.2) is 13.1 Å². The third-order valence-electron chi connectivity index (χ3n) is 1.77. The van der Waals surface area contributed by atoms with E-state index in [9.17, 15) is 13.2 Å². The van der Waals surface area contributed by atoms with Crippen LogP contribution in [-0.2, 0) is 19.6 Å². The highest BCUT2D eigenvalue weighted by Crippen LogP contribution is 1.99. The quantitative estimate of drug-likeness (QED) is 0.600. The van der Waals surface area contributed by atoms with Gasteiger partial charge >= 0.3 is 5.97 Å². The molecule has 0 heterocycles. The second-order valence-electron chi connectivity index (χ2n) is 4.31. The number of ether oxygens (including phenoxy) is 1. The maximum atomic E-state index is 11.4. The molecule has 96 valence electrons. The Labute approximate surface area is 96.6 Å². The van der Waals surface area contributed by atoms with Gasteiger partial charge in [-0.2, -0.15) is 0 Å². The van der Waals surface area contributed by atoms with E-state index in [-0.39, 0.29) is 25.1 Å². The van der Waals surface area contributed by atoms with Crippen LogP contribution in [-0.4, -0.2) is 39.3 Å². The summed E-state index contributed by atoms with van der Waals surface area (Å²) in [6.45, 7) is 3.63. The predicted molar refractivity (Wildman–Crippen MR) is 61.3 cm³/mol. The van der Waals surface area contributed by atoms with Gasteiger partial charge in [-0.05, 0) is 20.3 Å². The Kier molecular flexibility index (Phi) is 5.91. The molecule has 7 heteroatoms. The first-order chi connectivity index (χ1) is 7.16. The number of hydrogen-bond acceptors (Lipinski definition) is 5. The number of sulfonamides is 1. The van der Waals surface area contributed by atoms with Crippen molar-refractivity contribution in [2.24, 2.45) is 5.73 Å². The SMILES string of the molecule is COC(=O)CCCS(=O)(=O)NCC(C)(C)N. The minimum atomic E-state index is -3.36. The van der Waals surface area contributed by atoms with E-state index < -0.39 is 21.5 Å². The molecule has 0 rings (SSSR count). The molecule has 0 bridgehead atoms. The van der Waals surface area contributed by atoms with Gasteiger partial charge < -0.3 is 10.5 Å². The van der Waals surface area contributed by atoms with Crippen molar-refractivity contribution in [3.63, 3.8) is 0 Å². The zero-order chi connectivity index (χ0) is 12.8. The summed E-state index contributed by atoms with van der Waals surface area (Å²) in [6.07, 6.45) is 0.344. The zero-order valence-electron chi connectivity index (χ0n) is 9.95. The van der Waals surface area contributed by atoms with Crippen molar-refractivity contribution < 1.29 is 17.9 Å². The average Bonchev–Trinajstić information content (AvgIpc) is 2.13. The zero-order valence-corrected chi connectivity index (χ0v) is 10.8. The topological polar surface area (TPSA) is 98.5 Å². The largest absolute Gasteiger partial charge is 0.469 e. The van der Waals surface area contributed by atoms with Crippen molar-refractivity contribution in [1.29, 1.82) is 0 Å². The Hall–Kier alpha value is -0.660. The Morgan fingerprint density at radius 2 is 2.00 bits per heavy atom. The van der Waals surface area contributed by atoms with Crippen molar-refractivity contribution in [3.05, 3.63) is 0 Å². The molecule has 0 aromatic rings. The summed E-state index contributed by atoms with van der Waals surface area (Å²) in [5.41, 5.74) is 5.05. The molecule has 0 aromatic heterocycles. The number of nitrogens with two attached hydrogens (primary N) is 1. The van der Waals surface area contributed by atoms with Gasteiger partial charge in [0.25, 0.3) is 0 Å². The minimum Gasteiger partial charge on any atom is -0.469 e. The molecule has 0 fully saturated rings. The van der Waals surface area contributed by atoms with Crippen LogP contribution in [0.15, 0.2) is 0 Å². The number of methoxy groups -OCH3 is 1. The molecule has 6 nitrogen and oxygen atoms in total. The van der Waals surface area contributed by atoms with Crippen molar-refractivity contribution in [3.8, 4) is 0 Å². The third kappa shape index (κ3) is 8.63. The molecule has 16 heavy (non-hydrogen) atoms.